The van der Waals surface area contributed by atoms with Gasteiger partial charge in [-0.15, -0.1) is 0 Å². The second kappa shape index (κ2) is 6.18. The van der Waals surface area contributed by atoms with Crippen molar-refractivity contribution in [1.82, 2.24) is 14.8 Å². The van der Waals surface area contributed by atoms with Gasteiger partial charge in [0.25, 0.3) is 0 Å². The monoisotopic (exact) mass is 405 g/mol. The van der Waals surface area contributed by atoms with Crippen molar-refractivity contribution in [3.63, 3.8) is 0 Å². The number of carbonyl (C=O) groups excluding carboxylic acids is 1. The van der Waals surface area contributed by atoms with E-state index in [2.05, 4.69) is 14.3 Å². The van der Waals surface area contributed by atoms with Crippen LogP contribution in [0.5, 0.6) is 5.75 Å². The van der Waals surface area contributed by atoms with Gasteiger partial charge in [0.1, 0.15) is 5.69 Å². The second-order valence-electron chi connectivity index (χ2n) is 7.44. The van der Waals surface area contributed by atoms with Crippen LogP contribution in [0.3, 0.4) is 0 Å². The summed E-state index contributed by atoms with van der Waals surface area (Å²) in [6.45, 7) is 5.44. The third kappa shape index (κ3) is 3.40. The third-order valence-electron chi connectivity index (χ3n) is 4.38. The number of nitrogens with zero attached hydrogens (tertiary/aromatic N) is 3. The Kier molecular flexibility index (Phi) is 4.48. The summed E-state index contributed by atoms with van der Waals surface area (Å²) in [6, 6.07) is 0.898. The molecule has 11 heteroatoms. The van der Waals surface area contributed by atoms with Crippen LogP contribution in [0, 0.1) is 0 Å². The van der Waals surface area contributed by atoms with E-state index in [1.54, 1.807) is 0 Å². The first kappa shape index (κ1) is 19.6. The lowest BCUT2D eigenvalue weighted by atomic mass is 9.82. The fourth-order valence-corrected chi connectivity index (χ4v) is 3.32. The minimum Gasteiger partial charge on any atom is -0.375 e. The standard InChI is InChI=1S/C16H18F3N3O4S/c1-15(2,3)22-14-12(13(21-22)9-5-4-6-9)11(7-10(8-23)20-14)26-27(24,25)16(17,18)19/h7-9H,4-6H2,1-3H3. The quantitative estimate of drug-likeness (QED) is 0.439. The summed E-state index contributed by atoms with van der Waals surface area (Å²) in [4.78, 5) is 15.4. The normalized spacial score (nSPS) is 16.4. The maximum Gasteiger partial charge on any atom is 0.534 e. The topological polar surface area (TPSA) is 91.2 Å². The molecule has 0 unspecified atom stereocenters. The molecule has 0 aliphatic heterocycles. The average Bonchev–Trinajstić information content (AvgIpc) is 2.83. The molecule has 1 aliphatic carbocycles. The van der Waals surface area contributed by atoms with E-state index in [4.69, 9.17) is 0 Å². The summed E-state index contributed by atoms with van der Waals surface area (Å²) < 4.78 is 67.4. The molecule has 2 aromatic rings. The fourth-order valence-electron chi connectivity index (χ4n) is 2.85. The van der Waals surface area contributed by atoms with Gasteiger partial charge in [-0.1, -0.05) is 6.42 Å². The largest absolute Gasteiger partial charge is 0.534 e. The van der Waals surface area contributed by atoms with Crippen LogP contribution in [0.4, 0.5) is 13.2 Å². The Morgan fingerprint density at radius 3 is 2.33 bits per heavy atom. The van der Waals surface area contributed by atoms with E-state index in [9.17, 15) is 26.4 Å². The molecule has 0 aromatic carbocycles. The van der Waals surface area contributed by atoms with Crippen molar-refractivity contribution in [2.75, 3.05) is 0 Å². The number of alkyl halides is 3. The van der Waals surface area contributed by atoms with Crippen LogP contribution >= 0.6 is 0 Å². The van der Waals surface area contributed by atoms with Crippen molar-refractivity contribution in [1.29, 1.82) is 0 Å². The molecule has 1 aliphatic rings. The molecule has 7 nitrogen and oxygen atoms in total. The van der Waals surface area contributed by atoms with Gasteiger partial charge in [-0.3, -0.25) is 4.79 Å². The van der Waals surface area contributed by atoms with Gasteiger partial charge in [0.2, 0.25) is 0 Å². The minimum atomic E-state index is -5.91. The number of halogens is 3. The highest BCUT2D eigenvalue weighted by molar-refractivity contribution is 7.88. The molecule has 2 aromatic heterocycles. The van der Waals surface area contributed by atoms with Gasteiger partial charge in [-0.05, 0) is 33.6 Å². The molecule has 0 spiro atoms. The lowest BCUT2D eigenvalue weighted by molar-refractivity contribution is -0.0499. The first-order valence-corrected chi connectivity index (χ1v) is 9.66. The second-order valence-corrected chi connectivity index (χ2v) is 8.98. The number of hydrogen-bond acceptors (Lipinski definition) is 6. The number of rotatable bonds is 4. The third-order valence-corrected chi connectivity index (χ3v) is 5.35. The van der Waals surface area contributed by atoms with Crippen LogP contribution in [0.15, 0.2) is 6.07 Å². The summed E-state index contributed by atoms with van der Waals surface area (Å²) in [7, 11) is -5.91. The minimum absolute atomic E-state index is 0.0316. The molecule has 1 fully saturated rings. The van der Waals surface area contributed by atoms with Crippen molar-refractivity contribution in [2.24, 2.45) is 0 Å². The molecule has 0 bridgehead atoms. The van der Waals surface area contributed by atoms with Gasteiger partial charge in [0.05, 0.1) is 16.6 Å². The van der Waals surface area contributed by atoms with E-state index in [0.29, 0.717) is 12.0 Å². The Morgan fingerprint density at radius 2 is 1.89 bits per heavy atom. The van der Waals surface area contributed by atoms with Gasteiger partial charge in [0, 0.05) is 12.0 Å². The first-order valence-electron chi connectivity index (χ1n) is 8.25. The highest BCUT2D eigenvalue weighted by atomic mass is 32.2. The molecular weight excluding hydrogens is 387 g/mol. The lowest BCUT2D eigenvalue weighted by Crippen LogP contribution is -2.28. The molecular formula is C16H18F3N3O4S. The molecule has 1 saturated carbocycles. The molecule has 0 radical (unpaired) electrons. The van der Waals surface area contributed by atoms with Crippen LogP contribution in [0.1, 0.15) is 62.1 Å². The van der Waals surface area contributed by atoms with Crippen molar-refractivity contribution >= 4 is 27.4 Å². The van der Waals surface area contributed by atoms with Crippen LogP contribution in [-0.2, 0) is 15.7 Å². The van der Waals surface area contributed by atoms with Gasteiger partial charge in [-0.25, -0.2) is 9.67 Å². The van der Waals surface area contributed by atoms with E-state index in [1.807, 2.05) is 20.8 Å². The van der Waals surface area contributed by atoms with Gasteiger partial charge < -0.3 is 4.18 Å². The highest BCUT2D eigenvalue weighted by Crippen LogP contribution is 2.43. The van der Waals surface area contributed by atoms with Crippen LogP contribution in [-0.4, -0.2) is 35.0 Å². The SMILES string of the molecule is CC(C)(C)n1nc(C2CCC2)c2c(OS(=O)(=O)C(F)(F)F)cc(C=O)nc21. The van der Waals surface area contributed by atoms with Gasteiger partial charge >= 0.3 is 15.6 Å². The van der Waals surface area contributed by atoms with Crippen molar-refractivity contribution in [3.05, 3.63) is 17.5 Å². The summed E-state index contributed by atoms with van der Waals surface area (Å²) in [5.74, 6) is -0.618. The molecule has 148 valence electrons. The van der Waals surface area contributed by atoms with Crippen molar-refractivity contribution in [3.8, 4) is 5.75 Å². The Bertz CT molecular complexity index is 1000. The van der Waals surface area contributed by atoms with Crippen LogP contribution < -0.4 is 4.18 Å². The Hall–Kier alpha value is -2.17. The molecule has 0 atom stereocenters. The Morgan fingerprint density at radius 1 is 1.26 bits per heavy atom. The fraction of sp³-hybridized carbons (Fsp3) is 0.562. The molecule has 0 saturated heterocycles. The van der Waals surface area contributed by atoms with E-state index in [0.717, 1.165) is 25.3 Å². The smallest absolute Gasteiger partial charge is 0.375 e. The van der Waals surface area contributed by atoms with Crippen molar-refractivity contribution in [2.45, 2.75) is 57.0 Å². The number of fused-ring (bicyclic) bond motifs is 1. The van der Waals surface area contributed by atoms with Crippen molar-refractivity contribution < 1.29 is 30.6 Å². The number of hydrogen-bond donors (Lipinski definition) is 0. The van der Waals surface area contributed by atoms with Gasteiger partial charge in [0.15, 0.2) is 17.7 Å². The predicted molar refractivity (Wildman–Crippen MR) is 90.1 cm³/mol. The summed E-state index contributed by atoms with van der Waals surface area (Å²) >= 11 is 0. The lowest BCUT2D eigenvalue weighted by Gasteiger charge is -2.24. The van der Waals surface area contributed by atoms with E-state index >= 15 is 0 Å². The average molecular weight is 405 g/mol. The Balaban J connectivity index is 2.32. The number of aromatic nitrogens is 3. The number of carbonyl (C=O) groups is 1. The zero-order valence-corrected chi connectivity index (χ0v) is 15.7. The molecule has 3 rings (SSSR count). The Labute approximate surface area is 153 Å². The zero-order valence-electron chi connectivity index (χ0n) is 14.9. The molecule has 27 heavy (non-hydrogen) atoms. The van der Waals surface area contributed by atoms with E-state index < -0.39 is 26.9 Å². The number of aldehydes is 1. The first-order chi connectivity index (χ1) is 12.3. The molecule has 0 amide bonds. The van der Waals surface area contributed by atoms with E-state index in [-0.39, 0.29) is 22.6 Å². The zero-order chi connectivity index (χ0) is 20.2. The van der Waals surface area contributed by atoms with Gasteiger partial charge in [-0.2, -0.15) is 26.7 Å². The van der Waals surface area contributed by atoms with Crippen LogP contribution in [0.2, 0.25) is 0 Å². The molecule has 0 N–H and O–H groups in total. The number of pyridine rings is 1. The molecule has 2 heterocycles. The highest BCUT2D eigenvalue weighted by Gasteiger charge is 2.49. The maximum atomic E-state index is 12.8. The van der Waals surface area contributed by atoms with Crippen LogP contribution in [0.25, 0.3) is 11.0 Å². The summed E-state index contributed by atoms with van der Waals surface area (Å²) in [5.41, 5.74) is -5.90. The maximum absolute atomic E-state index is 12.8. The summed E-state index contributed by atoms with van der Waals surface area (Å²) in [5, 5.41) is 4.58. The summed E-state index contributed by atoms with van der Waals surface area (Å²) in [6.07, 6.45) is 2.80. The predicted octanol–water partition coefficient (Wildman–Crippen LogP) is 3.49. The van der Waals surface area contributed by atoms with E-state index in [1.165, 1.54) is 4.68 Å².